The Labute approximate surface area is 136 Å². The summed E-state index contributed by atoms with van der Waals surface area (Å²) in [6.07, 6.45) is 0. The number of ether oxygens (including phenoxy) is 1. The van der Waals surface area contributed by atoms with Gasteiger partial charge < -0.3 is 14.5 Å². The van der Waals surface area contributed by atoms with Gasteiger partial charge in [-0.2, -0.15) is 0 Å². The van der Waals surface area contributed by atoms with Crippen molar-refractivity contribution >= 4 is 23.2 Å². The zero-order valence-electron chi connectivity index (χ0n) is 13.1. The van der Waals surface area contributed by atoms with Gasteiger partial charge in [0.15, 0.2) is 6.04 Å². The minimum Gasteiger partial charge on any atom is -0.495 e. The number of quaternary nitrogens is 1. The maximum Gasteiger partial charge on any atom is 0.282 e. The van der Waals surface area contributed by atoms with Crippen molar-refractivity contribution in [1.29, 1.82) is 0 Å². The minimum absolute atomic E-state index is 0.0379. The van der Waals surface area contributed by atoms with E-state index in [0.29, 0.717) is 16.5 Å². The van der Waals surface area contributed by atoms with Crippen molar-refractivity contribution in [2.24, 2.45) is 0 Å². The number of fused-ring (bicyclic) bond motifs is 3. The lowest BCUT2D eigenvalue weighted by Crippen LogP contribution is -2.72. The predicted molar refractivity (Wildman–Crippen MR) is 87.4 cm³/mol. The van der Waals surface area contributed by atoms with Gasteiger partial charge in [-0.25, -0.2) is 0 Å². The highest BCUT2D eigenvalue weighted by molar-refractivity contribution is 6.31. The van der Waals surface area contributed by atoms with Gasteiger partial charge in [-0.1, -0.05) is 11.6 Å². The lowest BCUT2D eigenvalue weighted by atomic mass is 10.1. The van der Waals surface area contributed by atoms with Gasteiger partial charge in [0, 0.05) is 24.7 Å². The molecule has 0 aliphatic carbocycles. The number of hydrogen-bond donors (Lipinski definition) is 1. The first kappa shape index (κ1) is 15.6. The number of benzene rings is 1. The molecule has 1 amide bonds. The Morgan fingerprint density at radius 1 is 1.32 bits per heavy atom. The first-order valence-electron chi connectivity index (χ1n) is 7.77. The Morgan fingerprint density at radius 2 is 1.95 bits per heavy atom. The fraction of sp³-hybridized carbons (Fsp3) is 0.562. The first-order chi connectivity index (χ1) is 10.5. The molecule has 3 heterocycles. The van der Waals surface area contributed by atoms with Crippen LogP contribution in [0.5, 0.6) is 5.75 Å². The number of carbonyl (C=O) groups is 1. The van der Waals surface area contributed by atoms with Crippen LogP contribution in [0.1, 0.15) is 6.92 Å². The number of methoxy groups -OCH3 is 1. The average molecular weight is 325 g/mol. The second kappa shape index (κ2) is 6.07. The van der Waals surface area contributed by atoms with Gasteiger partial charge in [-0.3, -0.25) is 9.69 Å². The third kappa shape index (κ3) is 2.81. The second-order valence-electron chi connectivity index (χ2n) is 6.24. The SMILES string of the molecule is COc1ccc(Cl)cc1NC(=O)C(C)[N+]12CCN(CC1)CC2. The Balaban J connectivity index is 1.75. The van der Waals surface area contributed by atoms with Crippen molar-refractivity contribution in [2.75, 3.05) is 51.7 Å². The Morgan fingerprint density at radius 3 is 2.55 bits per heavy atom. The summed E-state index contributed by atoms with van der Waals surface area (Å²) in [5.74, 6) is 0.671. The van der Waals surface area contributed by atoms with E-state index in [-0.39, 0.29) is 11.9 Å². The van der Waals surface area contributed by atoms with Crippen LogP contribution in [-0.2, 0) is 4.79 Å². The summed E-state index contributed by atoms with van der Waals surface area (Å²) in [4.78, 5) is 15.2. The molecule has 0 spiro atoms. The van der Waals surface area contributed by atoms with E-state index < -0.39 is 0 Å². The summed E-state index contributed by atoms with van der Waals surface area (Å²) >= 11 is 6.03. The molecule has 5 nitrogen and oxygen atoms in total. The van der Waals surface area contributed by atoms with E-state index in [2.05, 4.69) is 10.2 Å². The summed E-state index contributed by atoms with van der Waals surface area (Å²) in [7, 11) is 1.59. The van der Waals surface area contributed by atoms with Gasteiger partial charge in [-0.15, -0.1) is 0 Å². The van der Waals surface area contributed by atoms with E-state index in [0.717, 1.165) is 43.8 Å². The number of anilines is 1. The van der Waals surface area contributed by atoms with Crippen LogP contribution < -0.4 is 10.1 Å². The quantitative estimate of drug-likeness (QED) is 0.859. The molecule has 1 aromatic carbocycles. The van der Waals surface area contributed by atoms with E-state index in [4.69, 9.17) is 16.3 Å². The topological polar surface area (TPSA) is 41.6 Å². The number of rotatable bonds is 4. The summed E-state index contributed by atoms with van der Waals surface area (Å²) in [5.41, 5.74) is 0.640. The molecule has 2 bridgehead atoms. The van der Waals surface area contributed by atoms with Gasteiger partial charge >= 0.3 is 0 Å². The largest absolute Gasteiger partial charge is 0.495 e. The molecule has 1 unspecified atom stereocenters. The zero-order chi connectivity index (χ0) is 15.7. The molecule has 3 fully saturated rings. The fourth-order valence-electron chi connectivity index (χ4n) is 3.54. The van der Waals surface area contributed by atoms with Gasteiger partial charge in [0.1, 0.15) is 5.75 Å². The highest BCUT2D eigenvalue weighted by Gasteiger charge is 2.45. The van der Waals surface area contributed by atoms with Gasteiger partial charge in [0.05, 0.1) is 32.4 Å². The molecule has 6 heteroatoms. The predicted octanol–water partition coefficient (Wildman–Crippen LogP) is 1.82. The number of carbonyl (C=O) groups excluding carboxylic acids is 1. The Bertz CT molecular complexity index is 557. The number of halogens is 1. The molecule has 1 N–H and O–H groups in total. The van der Waals surface area contributed by atoms with Crippen LogP contribution in [0.3, 0.4) is 0 Å². The van der Waals surface area contributed by atoms with E-state index in [1.54, 1.807) is 25.3 Å². The van der Waals surface area contributed by atoms with Crippen LogP contribution in [-0.4, -0.2) is 67.7 Å². The molecule has 0 saturated carbocycles. The van der Waals surface area contributed by atoms with Gasteiger partial charge in [0.2, 0.25) is 0 Å². The zero-order valence-corrected chi connectivity index (χ0v) is 13.9. The van der Waals surface area contributed by atoms with Crippen LogP contribution in [0.15, 0.2) is 18.2 Å². The van der Waals surface area contributed by atoms with Crippen molar-refractivity contribution in [3.63, 3.8) is 0 Å². The van der Waals surface area contributed by atoms with Crippen LogP contribution in [0.2, 0.25) is 5.02 Å². The Hall–Kier alpha value is -1.30. The average Bonchev–Trinajstić information content (AvgIpc) is 2.56. The molecular formula is C16H23ClN3O2+. The third-order valence-corrected chi connectivity index (χ3v) is 5.44. The molecule has 3 aliphatic heterocycles. The number of piperazine rings is 3. The summed E-state index contributed by atoms with van der Waals surface area (Å²) in [6, 6.07) is 5.20. The van der Waals surface area contributed by atoms with E-state index in [9.17, 15) is 4.79 Å². The maximum atomic E-state index is 12.7. The Kier molecular flexibility index (Phi) is 4.30. The molecule has 0 aromatic heterocycles. The summed E-state index contributed by atoms with van der Waals surface area (Å²) < 4.78 is 6.19. The fourth-order valence-corrected chi connectivity index (χ4v) is 3.71. The van der Waals surface area contributed by atoms with Crippen LogP contribution in [0, 0.1) is 0 Å². The van der Waals surface area contributed by atoms with Gasteiger partial charge in [-0.05, 0) is 25.1 Å². The smallest absolute Gasteiger partial charge is 0.282 e. The van der Waals surface area contributed by atoms with Crippen molar-refractivity contribution in [3.8, 4) is 5.75 Å². The van der Waals surface area contributed by atoms with E-state index in [1.807, 2.05) is 6.92 Å². The normalized spacial score (nSPS) is 28.2. The molecular weight excluding hydrogens is 302 g/mol. The molecule has 4 rings (SSSR count). The van der Waals surface area contributed by atoms with Crippen LogP contribution in [0.4, 0.5) is 5.69 Å². The monoisotopic (exact) mass is 324 g/mol. The summed E-state index contributed by atoms with van der Waals surface area (Å²) in [5, 5.41) is 3.58. The van der Waals surface area contributed by atoms with Crippen molar-refractivity contribution in [1.82, 2.24) is 4.90 Å². The molecule has 120 valence electrons. The standard InChI is InChI=1S/C16H22ClN3O2/c1-12(20-8-5-19(6-9-20)7-10-20)16(21)18-14-11-13(17)3-4-15(14)22-2/h3-4,11-12H,5-10H2,1-2H3/p+1. The molecule has 1 atom stereocenters. The first-order valence-corrected chi connectivity index (χ1v) is 8.14. The number of nitrogens with one attached hydrogen (secondary N) is 1. The molecule has 3 aliphatic rings. The van der Waals surface area contributed by atoms with Gasteiger partial charge in [0.25, 0.3) is 5.91 Å². The maximum absolute atomic E-state index is 12.7. The second-order valence-corrected chi connectivity index (χ2v) is 6.68. The van der Waals surface area contributed by atoms with Crippen molar-refractivity contribution < 1.29 is 14.0 Å². The van der Waals surface area contributed by atoms with Crippen LogP contribution >= 0.6 is 11.6 Å². The molecule has 22 heavy (non-hydrogen) atoms. The van der Waals surface area contributed by atoms with Crippen LogP contribution in [0.25, 0.3) is 0 Å². The van der Waals surface area contributed by atoms with E-state index >= 15 is 0 Å². The number of amides is 1. The van der Waals surface area contributed by atoms with E-state index in [1.165, 1.54) is 0 Å². The molecule has 1 aromatic rings. The molecule has 0 radical (unpaired) electrons. The molecule has 3 saturated heterocycles. The highest BCUT2D eigenvalue weighted by atomic mass is 35.5. The van der Waals surface area contributed by atoms with Crippen molar-refractivity contribution in [2.45, 2.75) is 13.0 Å². The summed E-state index contributed by atoms with van der Waals surface area (Å²) in [6.45, 7) is 8.49. The lowest BCUT2D eigenvalue weighted by molar-refractivity contribution is -0.953. The third-order valence-electron chi connectivity index (χ3n) is 5.21. The lowest BCUT2D eigenvalue weighted by Gasteiger charge is -2.52. The highest BCUT2D eigenvalue weighted by Crippen LogP contribution is 2.29. The van der Waals surface area contributed by atoms with Crippen molar-refractivity contribution in [3.05, 3.63) is 23.2 Å². The number of hydrogen-bond acceptors (Lipinski definition) is 3. The minimum atomic E-state index is -0.0638. The number of nitrogens with zero attached hydrogens (tertiary/aromatic N) is 2.